The lowest BCUT2D eigenvalue weighted by Crippen LogP contribution is -2.40. The van der Waals surface area contributed by atoms with E-state index in [-0.39, 0.29) is 24.0 Å². The molecule has 0 fully saturated rings. The standard InChI is InChI=1S/C18H27N3O2S.HI/c1-3-4-9-19-17(20-10-7-16-6-5-11-23-16)21-14-18(2,22)15-8-12-24-13-15;/h5-6,8,11-13,22H,3-4,7,9-10,14H2,1-2H3,(H2,19,20,21);1H. The zero-order valence-corrected chi connectivity index (χ0v) is 18.0. The van der Waals surface area contributed by atoms with Crippen molar-refractivity contribution in [3.8, 4) is 0 Å². The molecule has 0 radical (unpaired) electrons. The zero-order chi connectivity index (χ0) is 17.3. The van der Waals surface area contributed by atoms with E-state index < -0.39 is 5.60 Å². The van der Waals surface area contributed by atoms with Crippen molar-refractivity contribution in [1.29, 1.82) is 0 Å². The number of rotatable bonds is 9. The van der Waals surface area contributed by atoms with Gasteiger partial charge in [-0.25, -0.2) is 4.99 Å². The van der Waals surface area contributed by atoms with Crippen LogP contribution in [0.4, 0.5) is 0 Å². The van der Waals surface area contributed by atoms with Crippen LogP contribution in [0.15, 0.2) is 44.6 Å². The molecule has 1 atom stereocenters. The second-order valence-electron chi connectivity index (χ2n) is 5.99. The minimum absolute atomic E-state index is 0. The van der Waals surface area contributed by atoms with E-state index >= 15 is 0 Å². The van der Waals surface area contributed by atoms with E-state index in [4.69, 9.17) is 4.42 Å². The minimum Gasteiger partial charge on any atom is -0.469 e. The van der Waals surface area contributed by atoms with Crippen molar-refractivity contribution in [1.82, 2.24) is 10.6 Å². The van der Waals surface area contributed by atoms with Gasteiger partial charge < -0.3 is 20.2 Å². The van der Waals surface area contributed by atoms with Gasteiger partial charge in [0.05, 0.1) is 12.8 Å². The third kappa shape index (κ3) is 7.79. The fraction of sp³-hybridized carbons (Fsp3) is 0.500. The van der Waals surface area contributed by atoms with Crippen molar-refractivity contribution in [2.45, 2.75) is 38.7 Å². The van der Waals surface area contributed by atoms with Gasteiger partial charge in [0.1, 0.15) is 11.4 Å². The fourth-order valence-electron chi connectivity index (χ4n) is 2.21. The molecule has 0 saturated carbocycles. The Morgan fingerprint density at radius 3 is 2.76 bits per heavy atom. The van der Waals surface area contributed by atoms with Crippen molar-refractivity contribution in [2.24, 2.45) is 4.99 Å². The summed E-state index contributed by atoms with van der Waals surface area (Å²) in [5, 5.41) is 21.2. The van der Waals surface area contributed by atoms with E-state index in [9.17, 15) is 5.11 Å². The molecular weight excluding hydrogens is 449 g/mol. The number of thiophene rings is 1. The van der Waals surface area contributed by atoms with Gasteiger partial charge in [0.2, 0.25) is 0 Å². The van der Waals surface area contributed by atoms with Gasteiger partial charge in [-0.05, 0) is 47.9 Å². The molecule has 0 aliphatic rings. The van der Waals surface area contributed by atoms with E-state index in [1.807, 2.05) is 29.0 Å². The van der Waals surface area contributed by atoms with Gasteiger partial charge in [-0.15, -0.1) is 24.0 Å². The average Bonchev–Trinajstić information content (AvgIpc) is 3.26. The highest BCUT2D eigenvalue weighted by Crippen LogP contribution is 2.23. The number of aliphatic imine (C=N–C) groups is 1. The second kappa shape index (κ2) is 11.5. The summed E-state index contributed by atoms with van der Waals surface area (Å²) >= 11 is 1.58. The SMILES string of the molecule is CCCCNC(=NCC(C)(O)c1ccsc1)NCCc1ccco1.I. The Kier molecular flexibility index (Phi) is 10.1. The lowest BCUT2D eigenvalue weighted by Gasteiger charge is -2.21. The smallest absolute Gasteiger partial charge is 0.191 e. The lowest BCUT2D eigenvalue weighted by molar-refractivity contribution is 0.0677. The molecule has 0 saturated heterocycles. The number of guanidine groups is 1. The summed E-state index contributed by atoms with van der Waals surface area (Å²) in [7, 11) is 0. The van der Waals surface area contributed by atoms with Crippen LogP contribution in [0.25, 0.3) is 0 Å². The minimum atomic E-state index is -0.958. The van der Waals surface area contributed by atoms with Crippen molar-refractivity contribution in [3.63, 3.8) is 0 Å². The summed E-state index contributed by atoms with van der Waals surface area (Å²) in [6, 6.07) is 5.79. The summed E-state index contributed by atoms with van der Waals surface area (Å²) in [5.74, 6) is 1.67. The topological polar surface area (TPSA) is 69.8 Å². The maximum Gasteiger partial charge on any atom is 0.191 e. The number of hydrogen-bond acceptors (Lipinski definition) is 4. The molecule has 0 bridgehead atoms. The molecular formula is C18H28IN3O2S. The van der Waals surface area contributed by atoms with Gasteiger partial charge in [0.15, 0.2) is 5.96 Å². The molecule has 2 aromatic heterocycles. The molecule has 2 aromatic rings. The summed E-state index contributed by atoms with van der Waals surface area (Å²) in [5.41, 5.74) is -0.0554. The van der Waals surface area contributed by atoms with Crippen LogP contribution in [0.5, 0.6) is 0 Å². The average molecular weight is 477 g/mol. The van der Waals surface area contributed by atoms with Crippen LogP contribution in [0, 0.1) is 0 Å². The molecule has 1 unspecified atom stereocenters. The summed E-state index contributed by atoms with van der Waals surface area (Å²) in [4.78, 5) is 4.56. The van der Waals surface area contributed by atoms with Crippen LogP contribution < -0.4 is 10.6 Å². The highest BCUT2D eigenvalue weighted by atomic mass is 127. The van der Waals surface area contributed by atoms with Crippen LogP contribution in [-0.4, -0.2) is 30.7 Å². The second-order valence-corrected chi connectivity index (χ2v) is 6.77. The van der Waals surface area contributed by atoms with Crippen LogP contribution in [0.1, 0.15) is 38.0 Å². The van der Waals surface area contributed by atoms with Crippen molar-refractivity contribution in [3.05, 3.63) is 46.5 Å². The maximum absolute atomic E-state index is 10.6. The summed E-state index contributed by atoms with van der Waals surface area (Å²) in [6.07, 6.45) is 4.68. The van der Waals surface area contributed by atoms with Gasteiger partial charge in [-0.3, -0.25) is 0 Å². The normalized spacial score (nSPS) is 13.8. The molecule has 3 N–H and O–H groups in total. The van der Waals surface area contributed by atoms with Crippen molar-refractivity contribution < 1.29 is 9.52 Å². The molecule has 7 heteroatoms. The predicted molar refractivity (Wildman–Crippen MR) is 115 cm³/mol. The Bertz CT molecular complexity index is 598. The van der Waals surface area contributed by atoms with Crippen LogP contribution in [0.3, 0.4) is 0 Å². The molecule has 0 aliphatic heterocycles. The van der Waals surface area contributed by atoms with Gasteiger partial charge >= 0.3 is 0 Å². The quantitative estimate of drug-likeness (QED) is 0.223. The molecule has 0 aliphatic carbocycles. The number of nitrogens with zero attached hydrogens (tertiary/aromatic N) is 1. The third-order valence-electron chi connectivity index (χ3n) is 3.75. The van der Waals surface area contributed by atoms with E-state index in [0.717, 1.165) is 49.6 Å². The monoisotopic (exact) mass is 477 g/mol. The van der Waals surface area contributed by atoms with Crippen LogP contribution >= 0.6 is 35.3 Å². The van der Waals surface area contributed by atoms with Crippen LogP contribution in [0.2, 0.25) is 0 Å². The number of halogens is 1. The highest BCUT2D eigenvalue weighted by Gasteiger charge is 2.23. The Morgan fingerprint density at radius 1 is 1.32 bits per heavy atom. The Balaban J connectivity index is 0.00000312. The van der Waals surface area contributed by atoms with E-state index in [1.54, 1.807) is 24.5 Å². The third-order valence-corrected chi connectivity index (χ3v) is 4.44. The van der Waals surface area contributed by atoms with E-state index in [2.05, 4.69) is 22.5 Å². The zero-order valence-electron chi connectivity index (χ0n) is 14.8. The Hall–Kier alpha value is -1.06. The molecule has 0 spiro atoms. The molecule has 25 heavy (non-hydrogen) atoms. The number of nitrogens with one attached hydrogen (secondary N) is 2. The number of aliphatic hydroxyl groups is 1. The van der Waals surface area contributed by atoms with Gasteiger partial charge in [0, 0.05) is 19.5 Å². The maximum atomic E-state index is 10.6. The Labute approximate surface area is 171 Å². The Morgan fingerprint density at radius 2 is 2.12 bits per heavy atom. The predicted octanol–water partition coefficient (Wildman–Crippen LogP) is 3.74. The molecule has 0 aromatic carbocycles. The van der Waals surface area contributed by atoms with Gasteiger partial charge in [-0.2, -0.15) is 11.3 Å². The van der Waals surface area contributed by atoms with Gasteiger partial charge in [-0.1, -0.05) is 13.3 Å². The number of furan rings is 1. The summed E-state index contributed by atoms with van der Waals surface area (Å²) < 4.78 is 5.34. The number of unbranched alkanes of at least 4 members (excludes halogenated alkanes) is 1. The molecule has 2 heterocycles. The van der Waals surface area contributed by atoms with Crippen molar-refractivity contribution in [2.75, 3.05) is 19.6 Å². The summed E-state index contributed by atoms with van der Waals surface area (Å²) in [6.45, 7) is 5.86. The number of hydrogen-bond donors (Lipinski definition) is 3. The first-order valence-electron chi connectivity index (χ1n) is 8.41. The highest BCUT2D eigenvalue weighted by molar-refractivity contribution is 14.0. The molecule has 0 amide bonds. The fourth-order valence-corrected chi connectivity index (χ4v) is 2.99. The van der Waals surface area contributed by atoms with E-state index in [1.165, 1.54) is 0 Å². The van der Waals surface area contributed by atoms with Gasteiger partial charge in [0.25, 0.3) is 0 Å². The van der Waals surface area contributed by atoms with Crippen LogP contribution in [-0.2, 0) is 12.0 Å². The first-order valence-corrected chi connectivity index (χ1v) is 9.35. The molecule has 2 rings (SSSR count). The molecule has 5 nitrogen and oxygen atoms in total. The first kappa shape index (κ1) is 22.0. The lowest BCUT2D eigenvalue weighted by atomic mass is 10.00. The first-order chi connectivity index (χ1) is 11.6. The largest absolute Gasteiger partial charge is 0.469 e. The van der Waals surface area contributed by atoms with Crippen molar-refractivity contribution >= 4 is 41.3 Å². The van der Waals surface area contributed by atoms with E-state index in [0.29, 0.717) is 6.54 Å². The molecule has 140 valence electrons.